The summed E-state index contributed by atoms with van der Waals surface area (Å²) in [6.07, 6.45) is 2.82. The van der Waals surface area contributed by atoms with Gasteiger partial charge in [0.15, 0.2) is 0 Å². The molecule has 1 aromatic heterocycles. The Hall–Kier alpha value is -2.63. The number of hydrogen-bond donors (Lipinski definition) is 1. The number of benzene rings is 1. The van der Waals surface area contributed by atoms with E-state index in [1.54, 1.807) is 0 Å². The largest absolute Gasteiger partial charge is 0.422 e. The van der Waals surface area contributed by atoms with Gasteiger partial charge in [0.2, 0.25) is 0 Å². The second-order valence-corrected chi connectivity index (χ2v) is 7.38. The summed E-state index contributed by atoms with van der Waals surface area (Å²) in [5.41, 5.74) is 1.72. The minimum atomic E-state index is -0.831. The second-order valence-electron chi connectivity index (χ2n) is 7.38. The minimum Gasteiger partial charge on any atom is -0.422 e. The first-order chi connectivity index (χ1) is 12.8. The van der Waals surface area contributed by atoms with E-state index in [-0.39, 0.29) is 12.5 Å². The summed E-state index contributed by atoms with van der Waals surface area (Å²) in [6, 6.07) is 4.80. The van der Waals surface area contributed by atoms with Gasteiger partial charge >= 0.3 is 11.7 Å². The topological polar surface area (TPSA) is 79.6 Å². The second kappa shape index (κ2) is 7.18. The lowest BCUT2D eigenvalue weighted by Crippen LogP contribution is -2.46. The van der Waals surface area contributed by atoms with E-state index in [0.29, 0.717) is 24.0 Å². The lowest BCUT2D eigenvalue weighted by molar-refractivity contribution is -0.132. The van der Waals surface area contributed by atoms with Gasteiger partial charge in [0, 0.05) is 11.5 Å². The summed E-state index contributed by atoms with van der Waals surface area (Å²) >= 11 is 0. The minimum absolute atomic E-state index is 0.0600. The van der Waals surface area contributed by atoms with Crippen molar-refractivity contribution in [2.45, 2.75) is 65.5 Å². The average Bonchev–Trinajstić information content (AvgIpc) is 2.83. The monoisotopic (exact) mass is 370 g/mol. The van der Waals surface area contributed by atoms with E-state index in [1.807, 2.05) is 39.8 Å². The van der Waals surface area contributed by atoms with E-state index >= 15 is 0 Å². The number of aryl methyl sites for hydroxylation is 2. The number of urea groups is 1. The number of nitrogens with one attached hydrogen (secondary N) is 1. The van der Waals surface area contributed by atoms with Crippen LogP contribution in [0.2, 0.25) is 0 Å². The number of carbonyl (C=O) groups is 2. The van der Waals surface area contributed by atoms with Gasteiger partial charge in [0.25, 0.3) is 5.91 Å². The van der Waals surface area contributed by atoms with Gasteiger partial charge in [-0.1, -0.05) is 38.8 Å². The van der Waals surface area contributed by atoms with Crippen LogP contribution in [-0.2, 0) is 11.3 Å². The Kier molecular flexibility index (Phi) is 5.09. The van der Waals surface area contributed by atoms with E-state index < -0.39 is 17.2 Å². The molecule has 1 aliphatic rings. The van der Waals surface area contributed by atoms with Crippen molar-refractivity contribution in [1.29, 1.82) is 0 Å². The fraction of sp³-hybridized carbons (Fsp3) is 0.476. The first-order valence-corrected chi connectivity index (χ1v) is 9.50. The Morgan fingerprint density at radius 1 is 1.07 bits per heavy atom. The number of amides is 3. The average molecular weight is 370 g/mol. The molecule has 27 heavy (non-hydrogen) atoms. The molecule has 1 aliphatic heterocycles. The van der Waals surface area contributed by atoms with Crippen LogP contribution in [0.3, 0.4) is 0 Å². The van der Waals surface area contributed by atoms with E-state index in [1.165, 1.54) is 11.0 Å². The highest BCUT2D eigenvalue weighted by molar-refractivity contribution is 6.07. The van der Waals surface area contributed by atoms with Gasteiger partial charge < -0.3 is 9.73 Å². The molecule has 3 rings (SSSR count). The smallest absolute Gasteiger partial charge is 0.336 e. The molecule has 0 atom stereocenters. The molecular weight excluding hydrogens is 344 g/mol. The highest BCUT2D eigenvalue weighted by Crippen LogP contribution is 2.30. The van der Waals surface area contributed by atoms with Gasteiger partial charge in [0.05, 0.1) is 6.54 Å². The fourth-order valence-electron chi connectivity index (χ4n) is 3.96. The Morgan fingerprint density at radius 2 is 1.74 bits per heavy atom. The first kappa shape index (κ1) is 19.1. The van der Waals surface area contributed by atoms with Crippen molar-refractivity contribution in [2.75, 3.05) is 0 Å². The number of rotatable bonds is 6. The molecular formula is C21H26N2O4. The van der Waals surface area contributed by atoms with Gasteiger partial charge in [-0.25, -0.2) is 9.59 Å². The van der Waals surface area contributed by atoms with Gasteiger partial charge in [-0.2, -0.15) is 0 Å². The van der Waals surface area contributed by atoms with E-state index in [9.17, 15) is 14.4 Å². The van der Waals surface area contributed by atoms with Gasteiger partial charge in [0.1, 0.15) is 11.1 Å². The van der Waals surface area contributed by atoms with Crippen molar-refractivity contribution >= 4 is 22.9 Å². The van der Waals surface area contributed by atoms with Crippen LogP contribution in [0.15, 0.2) is 27.4 Å². The highest BCUT2D eigenvalue weighted by Gasteiger charge is 2.49. The zero-order valence-corrected chi connectivity index (χ0v) is 16.3. The van der Waals surface area contributed by atoms with E-state index in [0.717, 1.165) is 29.4 Å². The molecule has 1 saturated heterocycles. The number of fused-ring (bicyclic) bond motifs is 1. The standard InChI is InChI=1S/C21H26N2O4/c1-5-9-21(10-6-2)19(25)23(20(26)22-21)12-15-11-17(24)27-18-14(4)13(3)7-8-16(15)18/h7-8,11H,5-6,9-10,12H2,1-4H3,(H,22,26). The van der Waals surface area contributed by atoms with Crippen molar-refractivity contribution < 1.29 is 14.0 Å². The zero-order valence-electron chi connectivity index (χ0n) is 16.3. The van der Waals surface area contributed by atoms with Crippen molar-refractivity contribution in [3.63, 3.8) is 0 Å². The Morgan fingerprint density at radius 3 is 2.37 bits per heavy atom. The predicted molar refractivity (Wildman–Crippen MR) is 104 cm³/mol. The third kappa shape index (κ3) is 3.24. The molecule has 6 nitrogen and oxygen atoms in total. The van der Waals surface area contributed by atoms with Crippen LogP contribution < -0.4 is 10.9 Å². The van der Waals surface area contributed by atoms with Crippen molar-refractivity contribution in [1.82, 2.24) is 10.2 Å². The SMILES string of the molecule is CCCC1(CCC)NC(=O)N(Cc2cc(=O)oc3c(C)c(C)ccc23)C1=O. The molecule has 144 valence electrons. The van der Waals surface area contributed by atoms with Crippen molar-refractivity contribution in [3.05, 3.63) is 45.3 Å². The van der Waals surface area contributed by atoms with Gasteiger partial charge in [-0.15, -0.1) is 0 Å². The number of nitrogens with zero attached hydrogens (tertiary/aromatic N) is 1. The maximum Gasteiger partial charge on any atom is 0.336 e. The third-order valence-corrected chi connectivity index (χ3v) is 5.45. The summed E-state index contributed by atoms with van der Waals surface area (Å²) < 4.78 is 5.39. The summed E-state index contributed by atoms with van der Waals surface area (Å²) in [7, 11) is 0. The Bertz CT molecular complexity index is 955. The summed E-state index contributed by atoms with van der Waals surface area (Å²) in [6.45, 7) is 7.90. The van der Waals surface area contributed by atoms with Crippen LogP contribution in [0.25, 0.3) is 11.0 Å². The first-order valence-electron chi connectivity index (χ1n) is 9.50. The molecule has 3 amide bonds. The van der Waals surface area contributed by atoms with Gasteiger partial charge in [-0.3, -0.25) is 9.69 Å². The van der Waals surface area contributed by atoms with Crippen LogP contribution >= 0.6 is 0 Å². The normalized spacial score (nSPS) is 16.2. The predicted octanol–water partition coefficient (Wildman–Crippen LogP) is 3.80. The van der Waals surface area contributed by atoms with E-state index in [4.69, 9.17) is 4.42 Å². The summed E-state index contributed by atoms with van der Waals surface area (Å²) in [5.74, 6) is -0.207. The highest BCUT2D eigenvalue weighted by atomic mass is 16.4. The molecule has 0 unspecified atom stereocenters. The molecule has 1 N–H and O–H groups in total. The van der Waals surface area contributed by atoms with Gasteiger partial charge in [-0.05, 0) is 43.4 Å². The van der Waals surface area contributed by atoms with E-state index in [2.05, 4.69) is 5.32 Å². The molecule has 6 heteroatoms. The molecule has 0 aliphatic carbocycles. The molecule has 0 saturated carbocycles. The zero-order chi connectivity index (χ0) is 19.8. The Labute approximate surface area is 158 Å². The third-order valence-electron chi connectivity index (χ3n) is 5.45. The van der Waals surface area contributed by atoms with Crippen LogP contribution in [0, 0.1) is 13.8 Å². The Balaban J connectivity index is 2.03. The number of carbonyl (C=O) groups excluding carboxylic acids is 2. The lowest BCUT2D eigenvalue weighted by Gasteiger charge is -2.25. The quantitative estimate of drug-likeness (QED) is 0.619. The van der Waals surface area contributed by atoms with Crippen molar-refractivity contribution in [2.24, 2.45) is 0 Å². The molecule has 2 aromatic rings. The summed E-state index contributed by atoms with van der Waals surface area (Å²) in [5, 5.41) is 3.66. The van der Waals surface area contributed by atoms with Crippen LogP contribution in [-0.4, -0.2) is 22.4 Å². The molecule has 1 aromatic carbocycles. The number of hydrogen-bond acceptors (Lipinski definition) is 4. The molecule has 2 heterocycles. The van der Waals surface area contributed by atoms with Crippen LogP contribution in [0.5, 0.6) is 0 Å². The maximum atomic E-state index is 13.1. The number of imide groups is 1. The van der Waals surface area contributed by atoms with Crippen molar-refractivity contribution in [3.8, 4) is 0 Å². The van der Waals surface area contributed by atoms with Crippen LogP contribution in [0.4, 0.5) is 4.79 Å². The summed E-state index contributed by atoms with van der Waals surface area (Å²) in [4.78, 5) is 39.0. The van der Waals surface area contributed by atoms with Crippen LogP contribution in [0.1, 0.15) is 56.2 Å². The maximum absolute atomic E-state index is 13.1. The molecule has 0 radical (unpaired) electrons. The lowest BCUT2D eigenvalue weighted by atomic mass is 9.88. The molecule has 0 bridgehead atoms. The molecule has 0 spiro atoms. The fourth-order valence-corrected chi connectivity index (χ4v) is 3.96. The molecule has 1 fully saturated rings.